The Bertz CT molecular complexity index is 1340. The van der Waals surface area contributed by atoms with Gasteiger partial charge in [-0.15, -0.1) is 10.2 Å². The molecule has 2 aromatic carbocycles. The number of alkyl halides is 3. The van der Waals surface area contributed by atoms with Crippen LogP contribution in [0.25, 0.3) is 0 Å². The Morgan fingerprint density at radius 3 is 2.41 bits per heavy atom. The zero-order valence-electron chi connectivity index (χ0n) is 18.9. The Morgan fingerprint density at radius 2 is 1.79 bits per heavy atom. The van der Waals surface area contributed by atoms with Crippen molar-refractivity contribution in [2.75, 3.05) is 11.6 Å². The van der Waals surface area contributed by atoms with Crippen molar-refractivity contribution in [1.29, 1.82) is 4.78 Å². The van der Waals surface area contributed by atoms with Crippen molar-refractivity contribution in [3.8, 4) is 11.6 Å². The molecule has 34 heavy (non-hydrogen) atoms. The van der Waals surface area contributed by atoms with Gasteiger partial charge in [0.25, 0.3) is 11.8 Å². The smallest absolute Gasteiger partial charge is 0.435 e. The molecule has 3 aromatic rings. The van der Waals surface area contributed by atoms with E-state index in [1.807, 2.05) is 19.9 Å². The molecule has 0 saturated heterocycles. The fraction of sp³-hybridized carbons (Fsp3) is 0.261. The summed E-state index contributed by atoms with van der Waals surface area (Å²) in [7, 11) is -3.07. The summed E-state index contributed by atoms with van der Waals surface area (Å²) in [6.07, 6.45) is -3.61. The Balaban J connectivity index is 2.06. The molecule has 1 amide bonds. The number of carbonyl (C=O) groups excluding carboxylic acids is 1. The highest BCUT2D eigenvalue weighted by atomic mass is 32.2. The fourth-order valence-electron chi connectivity index (χ4n) is 3.17. The minimum absolute atomic E-state index is 0.154. The lowest BCUT2D eigenvalue weighted by Crippen LogP contribution is -2.21. The standard InChI is InChI=1S/C23H23F3N4O3S/c1-13(2)15-7-5-9-17(11-15)33-22-19(14(3)20(29-30-22)23(24,25)26)21(31)28-16-8-6-10-18(12-16)34(4,27)32/h5-13,27H,1-4H3,(H,28,31). The summed E-state index contributed by atoms with van der Waals surface area (Å²) in [6.45, 7) is 5.06. The average molecular weight is 493 g/mol. The number of halogens is 3. The van der Waals surface area contributed by atoms with Crippen LogP contribution in [0.1, 0.15) is 46.9 Å². The maximum absolute atomic E-state index is 13.5. The van der Waals surface area contributed by atoms with Crippen molar-refractivity contribution < 1.29 is 26.9 Å². The van der Waals surface area contributed by atoms with Crippen LogP contribution in [0.5, 0.6) is 11.6 Å². The second kappa shape index (κ2) is 9.41. The molecule has 11 heteroatoms. The van der Waals surface area contributed by atoms with E-state index in [4.69, 9.17) is 9.52 Å². The average Bonchev–Trinajstić information content (AvgIpc) is 2.72. The normalized spacial score (nSPS) is 13.4. The van der Waals surface area contributed by atoms with Crippen LogP contribution in [0.4, 0.5) is 18.9 Å². The van der Waals surface area contributed by atoms with Crippen molar-refractivity contribution in [3.05, 3.63) is 70.9 Å². The van der Waals surface area contributed by atoms with E-state index in [1.54, 1.807) is 18.2 Å². The number of benzene rings is 2. The van der Waals surface area contributed by atoms with Crippen LogP contribution < -0.4 is 10.1 Å². The number of amides is 1. The summed E-state index contributed by atoms with van der Waals surface area (Å²) >= 11 is 0. The predicted octanol–water partition coefficient (Wildman–Crippen LogP) is 6.01. The Labute approximate surface area is 195 Å². The topological polar surface area (TPSA) is 105 Å². The molecule has 0 fully saturated rings. The third kappa shape index (κ3) is 5.71. The Hall–Kier alpha value is -3.47. The van der Waals surface area contributed by atoms with Crippen molar-refractivity contribution in [1.82, 2.24) is 10.2 Å². The van der Waals surface area contributed by atoms with Crippen LogP contribution in [0.2, 0.25) is 0 Å². The summed E-state index contributed by atoms with van der Waals surface area (Å²) in [5.74, 6) is -0.849. The van der Waals surface area contributed by atoms with Gasteiger partial charge < -0.3 is 10.1 Å². The van der Waals surface area contributed by atoms with Gasteiger partial charge in [0, 0.05) is 16.8 Å². The van der Waals surface area contributed by atoms with Gasteiger partial charge in [-0.05, 0) is 54.3 Å². The number of nitrogens with one attached hydrogen (secondary N) is 2. The first-order chi connectivity index (χ1) is 15.8. The molecule has 0 saturated carbocycles. The number of hydrogen-bond donors (Lipinski definition) is 2. The molecule has 1 heterocycles. The van der Waals surface area contributed by atoms with E-state index in [2.05, 4.69) is 15.5 Å². The van der Waals surface area contributed by atoms with Crippen LogP contribution in [-0.4, -0.2) is 26.6 Å². The summed E-state index contributed by atoms with van der Waals surface area (Å²) in [6, 6.07) is 12.6. The third-order valence-electron chi connectivity index (χ3n) is 4.96. The second-order valence-electron chi connectivity index (χ2n) is 8.01. The molecule has 2 N–H and O–H groups in total. The van der Waals surface area contributed by atoms with Gasteiger partial charge in [-0.1, -0.05) is 32.0 Å². The molecule has 180 valence electrons. The predicted molar refractivity (Wildman–Crippen MR) is 122 cm³/mol. The van der Waals surface area contributed by atoms with Gasteiger partial charge in [-0.2, -0.15) is 13.2 Å². The minimum atomic E-state index is -4.83. The number of carbonyl (C=O) groups is 1. The van der Waals surface area contributed by atoms with E-state index in [0.29, 0.717) is 0 Å². The van der Waals surface area contributed by atoms with Crippen molar-refractivity contribution in [2.45, 2.75) is 37.8 Å². The second-order valence-corrected chi connectivity index (χ2v) is 10.2. The van der Waals surface area contributed by atoms with Crippen LogP contribution >= 0.6 is 0 Å². The number of rotatable bonds is 6. The zero-order chi connectivity index (χ0) is 25.3. The Morgan fingerprint density at radius 1 is 1.12 bits per heavy atom. The molecule has 7 nitrogen and oxygen atoms in total. The zero-order valence-corrected chi connectivity index (χ0v) is 19.7. The lowest BCUT2D eigenvalue weighted by molar-refractivity contribution is -0.142. The largest absolute Gasteiger partial charge is 0.437 e. The fourth-order valence-corrected chi connectivity index (χ4v) is 3.86. The van der Waals surface area contributed by atoms with Gasteiger partial charge in [0.05, 0.1) is 9.73 Å². The van der Waals surface area contributed by atoms with E-state index in [9.17, 15) is 22.2 Å². The number of aromatic nitrogens is 2. The maximum Gasteiger partial charge on any atom is 0.435 e. The molecule has 1 atom stereocenters. The van der Waals surface area contributed by atoms with Crippen LogP contribution in [-0.2, 0) is 15.9 Å². The van der Waals surface area contributed by atoms with E-state index in [1.165, 1.54) is 30.5 Å². The first kappa shape index (κ1) is 25.2. The Kier molecular flexibility index (Phi) is 6.97. The van der Waals surface area contributed by atoms with E-state index >= 15 is 0 Å². The molecule has 1 aromatic heterocycles. The highest BCUT2D eigenvalue weighted by Crippen LogP contribution is 2.35. The summed E-state index contributed by atoms with van der Waals surface area (Å²) in [5.41, 5.74) is -1.12. The third-order valence-corrected chi connectivity index (χ3v) is 6.11. The lowest BCUT2D eigenvalue weighted by Gasteiger charge is -2.16. The number of ether oxygens (including phenoxy) is 1. The van der Waals surface area contributed by atoms with E-state index in [-0.39, 0.29) is 28.1 Å². The maximum atomic E-state index is 13.5. The quantitative estimate of drug-likeness (QED) is 0.439. The van der Waals surface area contributed by atoms with E-state index < -0.39 is 38.6 Å². The summed E-state index contributed by atoms with van der Waals surface area (Å²) in [4.78, 5) is 13.3. The first-order valence-corrected chi connectivity index (χ1v) is 12.1. The summed E-state index contributed by atoms with van der Waals surface area (Å²) < 4.78 is 65.9. The van der Waals surface area contributed by atoms with E-state index in [0.717, 1.165) is 12.5 Å². The van der Waals surface area contributed by atoms with Gasteiger partial charge in [-0.3, -0.25) is 4.79 Å². The highest BCUT2D eigenvalue weighted by molar-refractivity contribution is 7.91. The molecule has 1 unspecified atom stereocenters. The first-order valence-electron chi connectivity index (χ1n) is 10.1. The van der Waals surface area contributed by atoms with Gasteiger partial charge in [-0.25, -0.2) is 8.99 Å². The van der Waals surface area contributed by atoms with Gasteiger partial charge in [0.2, 0.25) is 0 Å². The van der Waals surface area contributed by atoms with Gasteiger partial charge in [0.1, 0.15) is 11.3 Å². The molecular formula is C23H23F3N4O3S. The molecule has 0 radical (unpaired) electrons. The monoisotopic (exact) mass is 492 g/mol. The molecule has 0 bridgehead atoms. The number of anilines is 1. The molecule has 0 spiro atoms. The van der Waals surface area contributed by atoms with Gasteiger partial charge in [0.15, 0.2) is 5.69 Å². The minimum Gasteiger partial charge on any atom is -0.437 e. The molecular weight excluding hydrogens is 469 g/mol. The molecule has 0 aliphatic heterocycles. The molecule has 3 rings (SSSR count). The van der Waals surface area contributed by atoms with Crippen molar-refractivity contribution in [3.63, 3.8) is 0 Å². The molecule has 0 aliphatic rings. The van der Waals surface area contributed by atoms with Crippen LogP contribution in [0.3, 0.4) is 0 Å². The van der Waals surface area contributed by atoms with Crippen molar-refractivity contribution in [2.24, 2.45) is 0 Å². The number of hydrogen-bond acceptors (Lipinski definition) is 6. The van der Waals surface area contributed by atoms with Gasteiger partial charge >= 0.3 is 6.18 Å². The van der Waals surface area contributed by atoms with Crippen molar-refractivity contribution >= 4 is 21.3 Å². The van der Waals surface area contributed by atoms with Crippen LogP contribution in [0.15, 0.2) is 53.4 Å². The summed E-state index contributed by atoms with van der Waals surface area (Å²) in [5, 5.41) is 9.31. The highest BCUT2D eigenvalue weighted by Gasteiger charge is 2.38. The number of nitrogens with zero attached hydrogens (tertiary/aromatic N) is 2. The SMILES string of the molecule is Cc1c(C(F)(F)F)nnc(Oc2cccc(C(C)C)c2)c1C(=O)Nc1cccc(S(C)(=N)=O)c1. The van der Waals surface area contributed by atoms with Crippen LogP contribution in [0, 0.1) is 11.7 Å². The molecule has 0 aliphatic carbocycles. The lowest BCUT2D eigenvalue weighted by atomic mass is 10.0.